The van der Waals surface area contributed by atoms with Gasteiger partial charge in [0, 0.05) is 18.2 Å². The van der Waals surface area contributed by atoms with E-state index in [1.54, 1.807) is 18.2 Å². The molecule has 0 aromatic heterocycles. The molecule has 0 unspecified atom stereocenters. The number of carbonyl (C=O) groups excluding carboxylic acids is 1. The Hall–Kier alpha value is -1.42. The third-order valence-electron chi connectivity index (χ3n) is 2.50. The van der Waals surface area contributed by atoms with Crippen LogP contribution in [0, 0.1) is 5.82 Å². The molecular formula is C11H13FN2O. The predicted molar refractivity (Wildman–Crippen MR) is 54.7 cm³/mol. The molecule has 1 aromatic carbocycles. The molecule has 2 rings (SSSR count). The smallest absolute Gasteiger partial charge is 0.242 e. The van der Waals surface area contributed by atoms with E-state index in [9.17, 15) is 9.18 Å². The molecule has 1 fully saturated rings. The van der Waals surface area contributed by atoms with Crippen molar-refractivity contribution in [2.24, 2.45) is 0 Å². The fraction of sp³-hybridized carbons (Fsp3) is 0.364. The van der Waals surface area contributed by atoms with Crippen LogP contribution in [0.5, 0.6) is 0 Å². The van der Waals surface area contributed by atoms with Crippen molar-refractivity contribution >= 4 is 5.91 Å². The van der Waals surface area contributed by atoms with Gasteiger partial charge in [-0.25, -0.2) is 4.39 Å². The van der Waals surface area contributed by atoms with Crippen LogP contribution >= 0.6 is 0 Å². The van der Waals surface area contributed by atoms with Gasteiger partial charge in [-0.05, 0) is 13.0 Å². The Morgan fingerprint density at radius 3 is 2.80 bits per heavy atom. The van der Waals surface area contributed by atoms with E-state index in [-0.39, 0.29) is 17.8 Å². The van der Waals surface area contributed by atoms with E-state index in [0.717, 1.165) is 0 Å². The van der Waals surface area contributed by atoms with E-state index in [1.807, 2.05) is 6.92 Å². The Labute approximate surface area is 87.7 Å². The van der Waals surface area contributed by atoms with Crippen LogP contribution in [0.3, 0.4) is 0 Å². The number of rotatable bonds is 1. The minimum atomic E-state index is -0.567. The predicted octanol–water partition coefficient (Wildman–Crippen LogP) is 0.975. The van der Waals surface area contributed by atoms with Gasteiger partial charge in [0.15, 0.2) is 0 Å². The highest BCUT2D eigenvalue weighted by Gasteiger charge is 2.28. The maximum absolute atomic E-state index is 13.4. The summed E-state index contributed by atoms with van der Waals surface area (Å²) in [5, 5.41) is 5.81. The Bertz CT molecular complexity index is 381. The van der Waals surface area contributed by atoms with Crippen LogP contribution in [-0.4, -0.2) is 18.5 Å². The average Bonchev–Trinajstić information content (AvgIpc) is 2.20. The van der Waals surface area contributed by atoms with Gasteiger partial charge in [-0.1, -0.05) is 18.2 Å². The lowest BCUT2D eigenvalue weighted by Gasteiger charge is -2.28. The molecule has 3 nitrogen and oxygen atoms in total. The van der Waals surface area contributed by atoms with Crippen molar-refractivity contribution in [1.29, 1.82) is 0 Å². The van der Waals surface area contributed by atoms with Crippen molar-refractivity contribution in [2.45, 2.75) is 19.0 Å². The molecule has 1 saturated heterocycles. The first-order valence-electron chi connectivity index (χ1n) is 4.96. The monoisotopic (exact) mass is 208 g/mol. The van der Waals surface area contributed by atoms with Crippen LogP contribution < -0.4 is 10.6 Å². The number of carbonyl (C=O) groups is 1. The molecule has 0 radical (unpaired) electrons. The van der Waals surface area contributed by atoms with Gasteiger partial charge in [0.2, 0.25) is 5.91 Å². The number of nitrogens with one attached hydrogen (secondary N) is 2. The standard InChI is InChI=1S/C11H13FN2O/c1-7-6-13-10(11(15)14-7)8-4-2-3-5-9(8)12/h2-5,7,10,13H,6H2,1H3,(H,14,15)/t7-,10-/m0/s1. The highest BCUT2D eigenvalue weighted by Crippen LogP contribution is 2.18. The van der Waals surface area contributed by atoms with E-state index in [0.29, 0.717) is 12.1 Å². The summed E-state index contributed by atoms with van der Waals surface area (Å²) < 4.78 is 13.4. The van der Waals surface area contributed by atoms with E-state index < -0.39 is 6.04 Å². The number of halogens is 1. The Kier molecular flexibility index (Phi) is 2.68. The lowest BCUT2D eigenvalue weighted by Crippen LogP contribution is -2.52. The number of benzene rings is 1. The Morgan fingerprint density at radius 1 is 1.40 bits per heavy atom. The van der Waals surface area contributed by atoms with E-state index in [1.165, 1.54) is 6.07 Å². The Morgan fingerprint density at radius 2 is 2.13 bits per heavy atom. The molecule has 0 aliphatic carbocycles. The molecular weight excluding hydrogens is 195 g/mol. The molecule has 1 heterocycles. The van der Waals surface area contributed by atoms with Gasteiger partial charge in [0.25, 0.3) is 0 Å². The third kappa shape index (κ3) is 1.99. The number of hydrogen-bond acceptors (Lipinski definition) is 2. The molecule has 80 valence electrons. The van der Waals surface area contributed by atoms with Crippen molar-refractivity contribution in [3.8, 4) is 0 Å². The van der Waals surface area contributed by atoms with Crippen LogP contribution in [0.15, 0.2) is 24.3 Å². The van der Waals surface area contributed by atoms with E-state index >= 15 is 0 Å². The molecule has 1 aliphatic heterocycles. The van der Waals surface area contributed by atoms with Gasteiger partial charge < -0.3 is 10.6 Å². The molecule has 2 N–H and O–H groups in total. The summed E-state index contributed by atoms with van der Waals surface area (Å²) in [4.78, 5) is 11.6. The summed E-state index contributed by atoms with van der Waals surface area (Å²) in [6.45, 7) is 2.56. The second kappa shape index (κ2) is 3.98. The SMILES string of the molecule is C[C@H]1CN[C@@H](c2ccccc2F)C(=O)N1. The van der Waals surface area contributed by atoms with Crippen LogP contribution in [0.1, 0.15) is 18.5 Å². The van der Waals surface area contributed by atoms with Crippen molar-refractivity contribution in [3.05, 3.63) is 35.6 Å². The van der Waals surface area contributed by atoms with Crippen molar-refractivity contribution in [2.75, 3.05) is 6.54 Å². The summed E-state index contributed by atoms with van der Waals surface area (Å²) in [5.74, 6) is -0.515. The zero-order valence-corrected chi connectivity index (χ0v) is 8.46. The fourth-order valence-corrected chi connectivity index (χ4v) is 1.72. The highest BCUT2D eigenvalue weighted by molar-refractivity contribution is 5.84. The zero-order chi connectivity index (χ0) is 10.8. The summed E-state index contributed by atoms with van der Waals surface area (Å²) in [6, 6.07) is 5.86. The molecule has 4 heteroatoms. The minimum absolute atomic E-state index is 0.0977. The summed E-state index contributed by atoms with van der Waals surface area (Å²) in [5.41, 5.74) is 0.405. The third-order valence-corrected chi connectivity index (χ3v) is 2.50. The quantitative estimate of drug-likeness (QED) is 0.722. The van der Waals surface area contributed by atoms with Crippen LogP contribution in [0.25, 0.3) is 0 Å². The zero-order valence-electron chi connectivity index (χ0n) is 8.46. The first kappa shape index (κ1) is 10.1. The van der Waals surface area contributed by atoms with Crippen molar-refractivity contribution in [3.63, 3.8) is 0 Å². The largest absolute Gasteiger partial charge is 0.351 e. The molecule has 1 aromatic rings. The van der Waals surface area contributed by atoms with E-state index in [2.05, 4.69) is 10.6 Å². The number of amides is 1. The summed E-state index contributed by atoms with van der Waals surface area (Å²) >= 11 is 0. The molecule has 1 aliphatic rings. The molecule has 15 heavy (non-hydrogen) atoms. The van der Waals surface area contributed by atoms with E-state index in [4.69, 9.17) is 0 Å². The molecule has 0 saturated carbocycles. The Balaban J connectivity index is 2.24. The normalized spacial score (nSPS) is 26.1. The fourth-order valence-electron chi connectivity index (χ4n) is 1.72. The first-order valence-corrected chi connectivity index (χ1v) is 4.96. The maximum Gasteiger partial charge on any atom is 0.242 e. The van der Waals surface area contributed by atoms with Gasteiger partial charge in [0.05, 0.1) is 0 Å². The highest BCUT2D eigenvalue weighted by atomic mass is 19.1. The lowest BCUT2D eigenvalue weighted by atomic mass is 10.0. The first-order chi connectivity index (χ1) is 7.18. The lowest BCUT2D eigenvalue weighted by molar-refractivity contribution is -0.125. The minimum Gasteiger partial charge on any atom is -0.351 e. The second-order valence-corrected chi connectivity index (χ2v) is 3.77. The summed E-state index contributed by atoms with van der Waals surface area (Å²) in [6.07, 6.45) is 0. The molecule has 1 amide bonds. The van der Waals surface area contributed by atoms with Crippen molar-refractivity contribution in [1.82, 2.24) is 10.6 Å². The van der Waals surface area contributed by atoms with Crippen LogP contribution in [0.2, 0.25) is 0 Å². The van der Waals surface area contributed by atoms with Gasteiger partial charge in [-0.3, -0.25) is 4.79 Å². The summed E-state index contributed by atoms with van der Waals surface area (Å²) in [7, 11) is 0. The second-order valence-electron chi connectivity index (χ2n) is 3.77. The number of piperazine rings is 1. The molecule has 0 spiro atoms. The van der Waals surface area contributed by atoms with Crippen molar-refractivity contribution < 1.29 is 9.18 Å². The van der Waals surface area contributed by atoms with Gasteiger partial charge in [0.1, 0.15) is 11.9 Å². The van der Waals surface area contributed by atoms with Crippen LogP contribution in [-0.2, 0) is 4.79 Å². The van der Waals surface area contributed by atoms with Gasteiger partial charge in [-0.2, -0.15) is 0 Å². The topological polar surface area (TPSA) is 41.1 Å². The molecule has 2 atom stereocenters. The van der Waals surface area contributed by atoms with Gasteiger partial charge in [-0.15, -0.1) is 0 Å². The average molecular weight is 208 g/mol. The number of hydrogen-bond donors (Lipinski definition) is 2. The maximum atomic E-state index is 13.4. The van der Waals surface area contributed by atoms with Crippen LogP contribution in [0.4, 0.5) is 4.39 Å². The molecule has 0 bridgehead atoms. The van der Waals surface area contributed by atoms with Gasteiger partial charge >= 0.3 is 0 Å².